The summed E-state index contributed by atoms with van der Waals surface area (Å²) in [6.07, 6.45) is 1.21. The van der Waals surface area contributed by atoms with Gasteiger partial charge in [0, 0.05) is 46.0 Å². The number of carbonyl (C=O) groups excluding carboxylic acids is 2. The molecule has 132 valence electrons. The van der Waals surface area contributed by atoms with Crippen LogP contribution in [-0.4, -0.2) is 84.8 Å². The van der Waals surface area contributed by atoms with Gasteiger partial charge in [-0.3, -0.25) is 4.79 Å². The summed E-state index contributed by atoms with van der Waals surface area (Å²) in [4.78, 5) is 35.8. The van der Waals surface area contributed by atoms with Crippen molar-refractivity contribution in [1.29, 1.82) is 0 Å². The van der Waals surface area contributed by atoms with Crippen molar-refractivity contribution < 1.29 is 19.1 Å². The first-order valence-electron chi connectivity index (χ1n) is 7.92. The van der Waals surface area contributed by atoms with Crippen LogP contribution in [0.4, 0.5) is 10.7 Å². The van der Waals surface area contributed by atoms with E-state index in [2.05, 4.69) is 15.3 Å². The maximum absolute atomic E-state index is 12.5. The molecule has 9 nitrogen and oxygen atoms in total. The van der Waals surface area contributed by atoms with E-state index in [0.29, 0.717) is 57.6 Å². The molecule has 0 aromatic carbocycles. The minimum Gasteiger partial charge on any atom is -0.450 e. The Morgan fingerprint density at radius 2 is 1.96 bits per heavy atom. The number of anilines is 1. The van der Waals surface area contributed by atoms with E-state index >= 15 is 0 Å². The molecule has 0 aliphatic carbocycles. The molecule has 2 amide bonds. The molecule has 24 heavy (non-hydrogen) atoms. The Balaban J connectivity index is 1.90. The molecule has 1 aliphatic rings. The summed E-state index contributed by atoms with van der Waals surface area (Å²) in [5.74, 6) is 0.221. The quantitative estimate of drug-likeness (QED) is 0.753. The summed E-state index contributed by atoms with van der Waals surface area (Å²) in [6, 6.07) is 1.58. The highest BCUT2D eigenvalue weighted by Gasteiger charge is 2.26. The number of amides is 2. The highest BCUT2D eigenvalue weighted by Crippen LogP contribution is 2.09. The van der Waals surface area contributed by atoms with Crippen molar-refractivity contribution in [2.75, 3.05) is 58.4 Å². The van der Waals surface area contributed by atoms with Crippen LogP contribution in [0.3, 0.4) is 0 Å². The Bertz CT molecular complexity index is 561. The highest BCUT2D eigenvalue weighted by molar-refractivity contribution is 5.92. The molecule has 1 saturated heterocycles. The number of ether oxygens (including phenoxy) is 2. The smallest absolute Gasteiger partial charge is 0.409 e. The molecule has 1 aliphatic heterocycles. The molecule has 0 saturated carbocycles. The third kappa shape index (κ3) is 4.79. The Morgan fingerprint density at radius 1 is 1.25 bits per heavy atom. The summed E-state index contributed by atoms with van der Waals surface area (Å²) in [5.41, 5.74) is 0.328. The van der Waals surface area contributed by atoms with Crippen LogP contribution >= 0.6 is 0 Å². The van der Waals surface area contributed by atoms with Crippen LogP contribution in [0.5, 0.6) is 0 Å². The molecule has 1 aromatic rings. The summed E-state index contributed by atoms with van der Waals surface area (Å²) in [5, 5.41) is 2.99. The SMILES string of the molecule is CCOC(=O)N1CCN(C(=O)c2ccnc(NCCOC)n2)CC1. The average molecular weight is 337 g/mol. The number of rotatable bonds is 6. The molecule has 1 aromatic heterocycles. The summed E-state index contributed by atoms with van der Waals surface area (Å²) in [7, 11) is 1.61. The van der Waals surface area contributed by atoms with Crippen LogP contribution in [0.25, 0.3) is 0 Å². The van der Waals surface area contributed by atoms with E-state index < -0.39 is 0 Å². The topological polar surface area (TPSA) is 96.9 Å². The molecule has 0 bridgehead atoms. The van der Waals surface area contributed by atoms with Gasteiger partial charge in [-0.2, -0.15) is 0 Å². The van der Waals surface area contributed by atoms with Crippen molar-refractivity contribution >= 4 is 17.9 Å². The number of hydrogen-bond donors (Lipinski definition) is 1. The second-order valence-electron chi connectivity index (χ2n) is 5.16. The minimum absolute atomic E-state index is 0.171. The molecular formula is C15H23N5O4. The van der Waals surface area contributed by atoms with Gasteiger partial charge in [-0.05, 0) is 13.0 Å². The zero-order chi connectivity index (χ0) is 17.4. The van der Waals surface area contributed by atoms with Gasteiger partial charge in [0.25, 0.3) is 5.91 Å². The Morgan fingerprint density at radius 3 is 2.62 bits per heavy atom. The van der Waals surface area contributed by atoms with E-state index in [-0.39, 0.29) is 12.0 Å². The number of hydrogen-bond acceptors (Lipinski definition) is 7. The summed E-state index contributed by atoms with van der Waals surface area (Å²) in [6.45, 7) is 5.01. The first-order valence-corrected chi connectivity index (χ1v) is 7.92. The van der Waals surface area contributed by atoms with Gasteiger partial charge >= 0.3 is 6.09 Å². The third-order valence-corrected chi connectivity index (χ3v) is 3.56. The largest absolute Gasteiger partial charge is 0.450 e. The highest BCUT2D eigenvalue weighted by atomic mass is 16.6. The lowest BCUT2D eigenvalue weighted by atomic mass is 10.3. The van der Waals surface area contributed by atoms with E-state index in [1.54, 1.807) is 36.1 Å². The van der Waals surface area contributed by atoms with Crippen LogP contribution in [-0.2, 0) is 9.47 Å². The van der Waals surface area contributed by atoms with Gasteiger partial charge in [0.1, 0.15) is 5.69 Å². The van der Waals surface area contributed by atoms with E-state index in [0.717, 1.165) is 0 Å². The van der Waals surface area contributed by atoms with Crippen LogP contribution in [0, 0.1) is 0 Å². The Hall–Kier alpha value is -2.42. The predicted molar refractivity (Wildman–Crippen MR) is 86.9 cm³/mol. The maximum Gasteiger partial charge on any atom is 0.409 e. The maximum atomic E-state index is 12.5. The fourth-order valence-electron chi connectivity index (χ4n) is 2.30. The predicted octanol–water partition coefficient (Wildman–Crippen LogP) is 0.449. The number of nitrogens with zero attached hydrogens (tertiary/aromatic N) is 4. The minimum atomic E-state index is -0.337. The van der Waals surface area contributed by atoms with Gasteiger partial charge in [0.2, 0.25) is 5.95 Å². The van der Waals surface area contributed by atoms with Crippen molar-refractivity contribution in [2.24, 2.45) is 0 Å². The number of piperazine rings is 1. The van der Waals surface area contributed by atoms with Gasteiger partial charge < -0.3 is 24.6 Å². The third-order valence-electron chi connectivity index (χ3n) is 3.56. The lowest BCUT2D eigenvalue weighted by molar-refractivity contribution is 0.0566. The van der Waals surface area contributed by atoms with Crippen molar-refractivity contribution in [3.05, 3.63) is 18.0 Å². The zero-order valence-corrected chi connectivity index (χ0v) is 14.0. The lowest BCUT2D eigenvalue weighted by Gasteiger charge is -2.33. The van der Waals surface area contributed by atoms with E-state index in [1.165, 1.54) is 0 Å². The Kier molecular flexibility index (Phi) is 6.74. The van der Waals surface area contributed by atoms with Crippen molar-refractivity contribution in [1.82, 2.24) is 19.8 Å². The second-order valence-corrected chi connectivity index (χ2v) is 5.16. The van der Waals surface area contributed by atoms with Gasteiger partial charge in [0.15, 0.2) is 0 Å². The first kappa shape index (κ1) is 17.9. The van der Waals surface area contributed by atoms with Crippen LogP contribution in [0.15, 0.2) is 12.3 Å². The molecule has 0 atom stereocenters. The number of methoxy groups -OCH3 is 1. The molecule has 0 unspecified atom stereocenters. The molecule has 1 fully saturated rings. The van der Waals surface area contributed by atoms with Gasteiger partial charge in [-0.25, -0.2) is 14.8 Å². The summed E-state index contributed by atoms with van der Waals surface area (Å²) >= 11 is 0. The van der Waals surface area contributed by atoms with Gasteiger partial charge in [-0.1, -0.05) is 0 Å². The van der Waals surface area contributed by atoms with E-state index in [4.69, 9.17) is 9.47 Å². The van der Waals surface area contributed by atoms with E-state index in [9.17, 15) is 9.59 Å². The molecule has 2 rings (SSSR count). The monoisotopic (exact) mass is 337 g/mol. The fourth-order valence-corrected chi connectivity index (χ4v) is 2.30. The van der Waals surface area contributed by atoms with Gasteiger partial charge in [0.05, 0.1) is 13.2 Å². The van der Waals surface area contributed by atoms with Crippen molar-refractivity contribution in [3.63, 3.8) is 0 Å². The van der Waals surface area contributed by atoms with Crippen molar-refractivity contribution in [3.8, 4) is 0 Å². The molecule has 2 heterocycles. The normalized spacial score (nSPS) is 14.4. The van der Waals surface area contributed by atoms with Crippen LogP contribution in [0.1, 0.15) is 17.4 Å². The molecular weight excluding hydrogens is 314 g/mol. The summed E-state index contributed by atoms with van der Waals surface area (Å²) < 4.78 is 9.92. The Labute approximate surface area is 140 Å². The zero-order valence-electron chi connectivity index (χ0n) is 14.0. The molecule has 1 N–H and O–H groups in total. The standard InChI is InChI=1S/C15H23N5O4/c1-3-24-15(22)20-9-7-19(8-10-20)13(21)12-4-5-16-14(18-12)17-6-11-23-2/h4-5H,3,6-11H2,1-2H3,(H,16,17,18). The second kappa shape index (κ2) is 9.02. The van der Waals surface area contributed by atoms with E-state index in [1.807, 2.05) is 0 Å². The molecule has 9 heteroatoms. The number of aromatic nitrogens is 2. The van der Waals surface area contributed by atoms with Gasteiger partial charge in [-0.15, -0.1) is 0 Å². The van der Waals surface area contributed by atoms with Crippen LogP contribution < -0.4 is 5.32 Å². The lowest BCUT2D eigenvalue weighted by Crippen LogP contribution is -2.50. The fraction of sp³-hybridized carbons (Fsp3) is 0.600. The average Bonchev–Trinajstić information content (AvgIpc) is 2.62. The molecule has 0 radical (unpaired) electrons. The number of carbonyl (C=O) groups is 2. The first-order chi connectivity index (χ1) is 11.7. The molecule has 0 spiro atoms. The van der Waals surface area contributed by atoms with Crippen molar-refractivity contribution in [2.45, 2.75) is 6.92 Å². The van der Waals surface area contributed by atoms with Crippen LogP contribution in [0.2, 0.25) is 0 Å². The number of nitrogens with one attached hydrogen (secondary N) is 1.